The van der Waals surface area contributed by atoms with Crippen LogP contribution in [-0.2, 0) is 4.12 Å². The summed E-state index contributed by atoms with van der Waals surface area (Å²) in [7, 11) is -2.70. The molecular formula is C16H37OSi2. The van der Waals surface area contributed by atoms with E-state index >= 15 is 0 Å². The number of hydrogen-bond donors (Lipinski definition) is 0. The van der Waals surface area contributed by atoms with E-state index in [1.807, 2.05) is 0 Å². The molecule has 0 saturated heterocycles. The molecule has 0 atom stereocenters. The van der Waals surface area contributed by atoms with E-state index in [-0.39, 0.29) is 0 Å². The lowest BCUT2D eigenvalue weighted by molar-refractivity contribution is 0.533. The molecule has 0 aliphatic rings. The van der Waals surface area contributed by atoms with Crippen LogP contribution in [0.5, 0.6) is 0 Å². The largest absolute Gasteiger partial charge is 0.456 e. The monoisotopic (exact) mass is 301 g/mol. The van der Waals surface area contributed by atoms with Gasteiger partial charge in [0, 0.05) is 0 Å². The van der Waals surface area contributed by atoms with Gasteiger partial charge in [-0.3, -0.25) is 0 Å². The first-order valence-corrected chi connectivity index (χ1v) is 14.8. The van der Waals surface area contributed by atoms with Crippen LogP contribution in [0.15, 0.2) is 0 Å². The molecule has 0 aromatic heterocycles. The van der Waals surface area contributed by atoms with Crippen LogP contribution >= 0.6 is 0 Å². The summed E-state index contributed by atoms with van der Waals surface area (Å²) < 4.78 is 6.37. The van der Waals surface area contributed by atoms with Gasteiger partial charge >= 0.3 is 0 Å². The molecule has 0 bridgehead atoms. The van der Waals surface area contributed by atoms with Crippen molar-refractivity contribution in [2.75, 3.05) is 0 Å². The summed E-state index contributed by atoms with van der Waals surface area (Å²) in [6.45, 7) is 15.6. The highest BCUT2D eigenvalue weighted by atomic mass is 28.4. The predicted octanol–water partition coefficient (Wildman–Crippen LogP) is 6.39. The minimum atomic E-state index is -1.37. The van der Waals surface area contributed by atoms with Gasteiger partial charge in [-0.25, -0.2) is 0 Å². The summed E-state index contributed by atoms with van der Waals surface area (Å²) in [6, 6.07) is 1.35. The maximum Gasteiger partial charge on any atom is 0.173 e. The van der Waals surface area contributed by atoms with Gasteiger partial charge in [0.05, 0.1) is 0 Å². The molecule has 0 saturated carbocycles. The first-order chi connectivity index (χ1) is 8.77. The summed E-state index contributed by atoms with van der Waals surface area (Å²) in [5.74, 6) is 0. The molecule has 0 aliphatic heterocycles. The van der Waals surface area contributed by atoms with Gasteiger partial charge in [0.2, 0.25) is 0 Å². The molecule has 0 N–H and O–H groups in total. The van der Waals surface area contributed by atoms with Crippen molar-refractivity contribution in [3.8, 4) is 0 Å². The first kappa shape index (κ1) is 19.4. The Kier molecular flexibility index (Phi) is 10.4. The molecule has 0 spiro atoms. The summed E-state index contributed by atoms with van der Waals surface area (Å²) in [5, 5.41) is 0. The van der Waals surface area contributed by atoms with Crippen molar-refractivity contribution in [2.45, 2.75) is 96.6 Å². The molecule has 0 heterocycles. The minimum absolute atomic E-state index is 1.11. The van der Waals surface area contributed by atoms with Crippen molar-refractivity contribution in [1.82, 2.24) is 0 Å². The Bertz CT molecular complexity index is 209. The van der Waals surface area contributed by atoms with Gasteiger partial charge in [-0.1, -0.05) is 64.7 Å². The van der Waals surface area contributed by atoms with Crippen molar-refractivity contribution >= 4 is 16.6 Å². The van der Waals surface area contributed by atoms with Crippen molar-refractivity contribution in [2.24, 2.45) is 0 Å². The molecule has 19 heavy (non-hydrogen) atoms. The molecule has 0 aliphatic carbocycles. The Balaban J connectivity index is 3.43. The quantitative estimate of drug-likeness (QED) is 0.300. The lowest BCUT2D eigenvalue weighted by atomic mass is 10.1. The zero-order chi connectivity index (χ0) is 14.8. The highest BCUT2D eigenvalue weighted by molar-refractivity contribution is 6.84. The van der Waals surface area contributed by atoms with E-state index in [0.717, 1.165) is 6.42 Å². The fraction of sp³-hybridized carbons (Fsp3) is 0.938. The molecule has 0 aromatic carbocycles. The SMILES string of the molecule is [CH2]CCCCCCCCCC[Si](C)(C)O[Si](C)(C)C. The van der Waals surface area contributed by atoms with E-state index in [4.69, 9.17) is 4.12 Å². The van der Waals surface area contributed by atoms with Gasteiger partial charge < -0.3 is 4.12 Å². The van der Waals surface area contributed by atoms with E-state index in [1.54, 1.807) is 0 Å². The molecule has 0 unspecified atom stereocenters. The second kappa shape index (κ2) is 10.2. The van der Waals surface area contributed by atoms with Crippen LogP contribution in [0, 0.1) is 6.92 Å². The van der Waals surface area contributed by atoms with Gasteiger partial charge in [-0.05, 0) is 38.8 Å². The van der Waals surface area contributed by atoms with E-state index in [9.17, 15) is 0 Å². The Morgan fingerprint density at radius 2 is 1.11 bits per heavy atom. The average molecular weight is 302 g/mol. The zero-order valence-corrected chi connectivity index (χ0v) is 16.2. The summed E-state index contributed by atoms with van der Waals surface area (Å²) >= 11 is 0. The van der Waals surface area contributed by atoms with Crippen LogP contribution in [-0.4, -0.2) is 16.6 Å². The Hall–Kier alpha value is 0.394. The van der Waals surface area contributed by atoms with E-state index in [0.29, 0.717) is 0 Å². The van der Waals surface area contributed by atoms with Gasteiger partial charge in [-0.2, -0.15) is 0 Å². The Morgan fingerprint density at radius 3 is 1.53 bits per heavy atom. The highest BCUT2D eigenvalue weighted by Gasteiger charge is 2.28. The maximum atomic E-state index is 6.37. The smallest absolute Gasteiger partial charge is 0.173 e. The van der Waals surface area contributed by atoms with Crippen LogP contribution in [0.2, 0.25) is 38.8 Å². The molecule has 0 aromatic rings. The van der Waals surface area contributed by atoms with Crippen molar-refractivity contribution in [3.05, 3.63) is 6.92 Å². The van der Waals surface area contributed by atoms with Crippen LogP contribution in [0.4, 0.5) is 0 Å². The van der Waals surface area contributed by atoms with Crippen LogP contribution in [0.3, 0.4) is 0 Å². The van der Waals surface area contributed by atoms with E-state index in [1.165, 1.54) is 57.4 Å². The second-order valence-electron chi connectivity index (χ2n) is 7.41. The summed E-state index contributed by atoms with van der Waals surface area (Å²) in [6.07, 6.45) is 12.3. The van der Waals surface area contributed by atoms with E-state index < -0.39 is 16.6 Å². The molecule has 1 radical (unpaired) electrons. The summed E-state index contributed by atoms with van der Waals surface area (Å²) in [4.78, 5) is 0. The normalized spacial score (nSPS) is 12.9. The molecular weight excluding hydrogens is 264 g/mol. The maximum absolute atomic E-state index is 6.37. The molecule has 115 valence electrons. The third kappa shape index (κ3) is 14.6. The average Bonchev–Trinajstić information content (AvgIpc) is 2.23. The molecule has 0 fully saturated rings. The number of hydrogen-bond acceptors (Lipinski definition) is 1. The Labute approximate surface area is 124 Å². The second-order valence-corrected chi connectivity index (χ2v) is 16.5. The highest BCUT2D eigenvalue weighted by Crippen LogP contribution is 2.21. The predicted molar refractivity (Wildman–Crippen MR) is 93.6 cm³/mol. The fourth-order valence-electron chi connectivity index (χ4n) is 2.67. The van der Waals surface area contributed by atoms with Crippen LogP contribution < -0.4 is 0 Å². The van der Waals surface area contributed by atoms with Gasteiger partial charge in [0.25, 0.3) is 0 Å². The Morgan fingerprint density at radius 1 is 0.684 bits per heavy atom. The molecule has 1 nitrogen and oxygen atoms in total. The standard InChI is InChI=1S/C16H37OSi2/c1-7-8-9-10-11-12-13-14-15-16-19(5,6)17-18(2,3)4/h1,7-16H2,2-6H3. The molecule has 0 rings (SSSR count). The topological polar surface area (TPSA) is 9.23 Å². The fourth-order valence-corrected chi connectivity index (χ4v) is 10.8. The van der Waals surface area contributed by atoms with E-state index in [2.05, 4.69) is 39.7 Å². The van der Waals surface area contributed by atoms with Gasteiger partial charge in [0.1, 0.15) is 0 Å². The lowest BCUT2D eigenvalue weighted by Crippen LogP contribution is -2.42. The summed E-state index contributed by atoms with van der Waals surface area (Å²) in [5.41, 5.74) is 0. The van der Waals surface area contributed by atoms with Gasteiger partial charge in [0.15, 0.2) is 16.6 Å². The van der Waals surface area contributed by atoms with Gasteiger partial charge in [-0.15, -0.1) is 0 Å². The first-order valence-electron chi connectivity index (χ1n) is 8.26. The minimum Gasteiger partial charge on any atom is -0.456 e. The molecule has 0 amide bonds. The molecule has 3 heteroatoms. The third-order valence-electron chi connectivity index (χ3n) is 3.36. The third-order valence-corrected chi connectivity index (χ3v) is 9.58. The van der Waals surface area contributed by atoms with Crippen molar-refractivity contribution < 1.29 is 4.12 Å². The number of rotatable bonds is 12. The zero-order valence-electron chi connectivity index (χ0n) is 14.2. The van der Waals surface area contributed by atoms with Crippen LogP contribution in [0.1, 0.15) is 57.8 Å². The van der Waals surface area contributed by atoms with Crippen molar-refractivity contribution in [3.63, 3.8) is 0 Å². The number of unbranched alkanes of at least 4 members (excludes halogenated alkanes) is 8. The van der Waals surface area contributed by atoms with Crippen molar-refractivity contribution in [1.29, 1.82) is 0 Å². The lowest BCUT2D eigenvalue weighted by Gasteiger charge is -2.31. The van der Waals surface area contributed by atoms with Crippen LogP contribution in [0.25, 0.3) is 0 Å².